The highest BCUT2D eigenvalue weighted by molar-refractivity contribution is 5.83. The van der Waals surface area contributed by atoms with E-state index in [0.717, 1.165) is 0 Å². The summed E-state index contributed by atoms with van der Waals surface area (Å²) in [6, 6.07) is 0. The van der Waals surface area contributed by atoms with Crippen LogP contribution < -0.4 is 0 Å². The molecule has 0 saturated carbocycles. The minimum Gasteiger partial charge on any atom is -0.458 e. The first-order chi connectivity index (χ1) is 4.63. The van der Waals surface area contributed by atoms with Crippen molar-refractivity contribution >= 4 is 11.8 Å². The molecule has 1 heterocycles. The average molecular weight is 142 g/mol. The summed E-state index contributed by atoms with van der Waals surface area (Å²) < 4.78 is 4.40. The van der Waals surface area contributed by atoms with Gasteiger partial charge in [-0.25, -0.2) is 4.79 Å². The third kappa shape index (κ3) is 6.88. The second-order valence-electron chi connectivity index (χ2n) is 1.94. The minimum atomic E-state index is -0.227. The Morgan fingerprint density at radius 3 is 2.20 bits per heavy atom. The number of ketones is 1. The fraction of sp³-hybridized carbons (Fsp3) is 0.429. The predicted molar refractivity (Wildman–Crippen MR) is 36.5 cm³/mol. The van der Waals surface area contributed by atoms with Crippen molar-refractivity contribution in [3.63, 3.8) is 0 Å². The van der Waals surface area contributed by atoms with E-state index in [1.54, 1.807) is 6.08 Å². The molecule has 1 rings (SSSR count). The Balaban J connectivity index is 0.000000180. The van der Waals surface area contributed by atoms with Gasteiger partial charge in [-0.05, 0) is 19.9 Å². The van der Waals surface area contributed by atoms with Crippen molar-refractivity contribution in [3.8, 4) is 0 Å². The van der Waals surface area contributed by atoms with Crippen LogP contribution in [-0.4, -0.2) is 18.4 Å². The molecule has 3 nitrogen and oxygen atoms in total. The summed E-state index contributed by atoms with van der Waals surface area (Å²) in [6.07, 6.45) is 3.10. The van der Waals surface area contributed by atoms with Gasteiger partial charge >= 0.3 is 5.97 Å². The van der Waals surface area contributed by atoms with E-state index >= 15 is 0 Å². The van der Waals surface area contributed by atoms with Crippen LogP contribution in [0.25, 0.3) is 0 Å². The maximum absolute atomic E-state index is 9.93. The second-order valence-corrected chi connectivity index (χ2v) is 1.94. The quantitative estimate of drug-likeness (QED) is 0.467. The number of rotatable bonds is 0. The van der Waals surface area contributed by atoms with Crippen molar-refractivity contribution in [2.24, 2.45) is 0 Å². The molecule has 1 aliphatic heterocycles. The van der Waals surface area contributed by atoms with Crippen LogP contribution in [0.3, 0.4) is 0 Å². The molecule has 0 bridgehead atoms. The van der Waals surface area contributed by atoms with E-state index in [9.17, 15) is 9.59 Å². The maximum atomic E-state index is 9.93. The molecule has 56 valence electrons. The lowest BCUT2D eigenvalue weighted by atomic mass is 10.6. The van der Waals surface area contributed by atoms with Gasteiger partial charge in [0.1, 0.15) is 12.4 Å². The van der Waals surface area contributed by atoms with Crippen LogP contribution in [0.15, 0.2) is 12.2 Å². The number of Topliss-reactive ketones (excluding diaryl/α,β-unsaturated/α-hetero) is 1. The standard InChI is InChI=1S/C4H4O2.C3H6O/c5-4-2-1-3-6-4;1-3(2)4/h1-2H,3H2;1-2H3. The smallest absolute Gasteiger partial charge is 0.330 e. The van der Waals surface area contributed by atoms with Crippen LogP contribution in [0.2, 0.25) is 0 Å². The zero-order valence-electron chi connectivity index (χ0n) is 6.09. The molecule has 0 unspecified atom stereocenters. The number of esters is 1. The number of ether oxygens (including phenoxy) is 1. The molecule has 10 heavy (non-hydrogen) atoms. The van der Waals surface area contributed by atoms with Gasteiger partial charge in [-0.1, -0.05) is 0 Å². The van der Waals surface area contributed by atoms with Crippen LogP contribution in [-0.2, 0) is 14.3 Å². The molecule has 0 aliphatic carbocycles. The molecule has 0 spiro atoms. The molecule has 0 aromatic heterocycles. The Hall–Kier alpha value is -1.12. The number of cyclic esters (lactones) is 1. The fourth-order valence-electron chi connectivity index (χ4n) is 0.323. The minimum absolute atomic E-state index is 0.167. The van der Waals surface area contributed by atoms with Gasteiger partial charge in [-0.2, -0.15) is 0 Å². The first kappa shape index (κ1) is 8.88. The number of carbonyl (C=O) groups is 2. The van der Waals surface area contributed by atoms with Crippen LogP contribution in [0.4, 0.5) is 0 Å². The van der Waals surface area contributed by atoms with Crippen molar-refractivity contribution in [3.05, 3.63) is 12.2 Å². The van der Waals surface area contributed by atoms with Gasteiger partial charge in [-0.15, -0.1) is 0 Å². The molecule has 0 amide bonds. The van der Waals surface area contributed by atoms with E-state index < -0.39 is 0 Å². The summed E-state index contributed by atoms with van der Waals surface area (Å²) in [5, 5.41) is 0. The SMILES string of the molecule is CC(C)=O.O=C1C=CCO1. The van der Waals surface area contributed by atoms with Gasteiger partial charge in [0.05, 0.1) is 0 Å². The molecule has 0 saturated heterocycles. The Labute approximate surface area is 59.7 Å². The lowest BCUT2D eigenvalue weighted by Crippen LogP contribution is -1.89. The van der Waals surface area contributed by atoms with Crippen molar-refractivity contribution in [2.75, 3.05) is 6.61 Å². The van der Waals surface area contributed by atoms with Gasteiger partial charge in [-0.3, -0.25) is 0 Å². The molecular weight excluding hydrogens is 132 g/mol. The van der Waals surface area contributed by atoms with Crippen molar-refractivity contribution in [1.29, 1.82) is 0 Å². The van der Waals surface area contributed by atoms with Gasteiger partial charge in [0.2, 0.25) is 0 Å². The van der Waals surface area contributed by atoms with Gasteiger partial charge in [0.25, 0.3) is 0 Å². The molecule has 0 N–H and O–H groups in total. The monoisotopic (exact) mass is 142 g/mol. The first-order valence-electron chi connectivity index (χ1n) is 2.93. The Kier molecular flexibility index (Phi) is 4.20. The van der Waals surface area contributed by atoms with Gasteiger partial charge < -0.3 is 9.53 Å². The number of hydrogen-bond acceptors (Lipinski definition) is 3. The van der Waals surface area contributed by atoms with E-state index in [-0.39, 0.29) is 11.8 Å². The van der Waals surface area contributed by atoms with Crippen LogP contribution in [0.5, 0.6) is 0 Å². The molecule has 0 fully saturated rings. The average Bonchev–Trinajstić information content (AvgIpc) is 2.15. The van der Waals surface area contributed by atoms with Crippen LogP contribution in [0.1, 0.15) is 13.8 Å². The Bertz CT molecular complexity index is 154. The predicted octanol–water partition coefficient (Wildman–Crippen LogP) is 0.695. The summed E-state index contributed by atoms with van der Waals surface area (Å²) in [4.78, 5) is 19.4. The van der Waals surface area contributed by atoms with Gasteiger partial charge in [0, 0.05) is 6.08 Å². The topological polar surface area (TPSA) is 43.4 Å². The Morgan fingerprint density at radius 1 is 1.60 bits per heavy atom. The zero-order valence-corrected chi connectivity index (χ0v) is 6.09. The van der Waals surface area contributed by atoms with Crippen molar-refractivity contribution in [1.82, 2.24) is 0 Å². The van der Waals surface area contributed by atoms with E-state index in [1.807, 2.05) is 0 Å². The molecule has 0 aromatic carbocycles. The van der Waals surface area contributed by atoms with E-state index in [0.29, 0.717) is 6.61 Å². The van der Waals surface area contributed by atoms with Gasteiger partial charge in [0.15, 0.2) is 0 Å². The van der Waals surface area contributed by atoms with Crippen LogP contribution >= 0.6 is 0 Å². The van der Waals surface area contributed by atoms with Crippen molar-refractivity contribution in [2.45, 2.75) is 13.8 Å². The summed E-state index contributed by atoms with van der Waals surface area (Å²) >= 11 is 0. The molecule has 0 radical (unpaired) electrons. The maximum Gasteiger partial charge on any atom is 0.330 e. The summed E-state index contributed by atoms with van der Waals surface area (Å²) in [5.41, 5.74) is 0. The molecule has 3 heteroatoms. The summed E-state index contributed by atoms with van der Waals surface area (Å²) in [6.45, 7) is 3.51. The van der Waals surface area contributed by atoms with E-state index in [2.05, 4.69) is 4.74 Å². The second kappa shape index (κ2) is 4.73. The molecule has 0 aromatic rings. The molecule has 1 aliphatic rings. The summed E-state index contributed by atoms with van der Waals surface area (Å²) in [7, 11) is 0. The lowest BCUT2D eigenvalue weighted by Gasteiger charge is -1.81. The lowest BCUT2D eigenvalue weighted by molar-refractivity contribution is -0.134. The highest BCUT2D eigenvalue weighted by Gasteiger charge is 1.98. The highest BCUT2D eigenvalue weighted by Crippen LogP contribution is 1.89. The van der Waals surface area contributed by atoms with Crippen molar-refractivity contribution < 1.29 is 14.3 Å². The largest absolute Gasteiger partial charge is 0.458 e. The summed E-state index contributed by atoms with van der Waals surface area (Å²) in [5.74, 6) is -0.0602. The molecular formula is C7H10O3. The molecule has 0 atom stereocenters. The normalized spacial score (nSPS) is 13.6. The van der Waals surface area contributed by atoms with E-state index in [4.69, 9.17) is 0 Å². The van der Waals surface area contributed by atoms with Crippen LogP contribution in [0, 0.1) is 0 Å². The third-order valence-corrected chi connectivity index (χ3v) is 0.576. The zero-order chi connectivity index (χ0) is 7.98. The number of carbonyl (C=O) groups excluding carboxylic acids is 2. The fourth-order valence-corrected chi connectivity index (χ4v) is 0.323. The highest BCUT2D eigenvalue weighted by atomic mass is 16.5. The van der Waals surface area contributed by atoms with E-state index in [1.165, 1.54) is 19.9 Å². The first-order valence-corrected chi connectivity index (χ1v) is 2.93. The third-order valence-electron chi connectivity index (χ3n) is 0.576. The number of hydrogen-bond donors (Lipinski definition) is 0. The Morgan fingerprint density at radius 2 is 2.10 bits per heavy atom.